The number of likely N-dealkylation sites (tertiary alicyclic amines) is 2. The number of nitrogens with one attached hydrogen (secondary N) is 3. The van der Waals surface area contributed by atoms with Crippen molar-refractivity contribution in [2.75, 3.05) is 26.2 Å². The van der Waals surface area contributed by atoms with Gasteiger partial charge in [0.15, 0.2) is 0 Å². The molecule has 2 aliphatic carbocycles. The van der Waals surface area contributed by atoms with Crippen LogP contribution >= 0.6 is 0 Å². The molecule has 0 aromatic heterocycles. The van der Waals surface area contributed by atoms with Gasteiger partial charge in [-0.1, -0.05) is 138 Å². The van der Waals surface area contributed by atoms with Gasteiger partial charge in [0.25, 0.3) is 11.8 Å². The van der Waals surface area contributed by atoms with Gasteiger partial charge in [-0.15, -0.1) is 0 Å². The molecule has 4 aliphatic rings. The monoisotopic (exact) mass is 844 g/mol. The molecular weight excluding hydrogens is 775 g/mol. The standard InChI is InChI=1S/C52H69N5O5/c1-2-3-4-5-6-7-8-9-10-11-12-19-26-48(58)56-31-20-25-41(34-56)53-49(59)39-27-29-40(30-28-39)52(62)57-35-44(50(60)54-46-32-42(46)37-21-15-13-16-22-37)45(36-57)51(61)55-47-33-43(47)38-23-17-14-18-24-38/h13-18,21-24,27-30,41-47H,2-12,19-20,25-26,31-36H2,1H3,(H,53,59)(H,54,60)(H,55,61)/t41-,42-,43-,44-,45-,46+,47+/m1/s1. The molecular formula is C52H69N5O5. The third-order valence-electron chi connectivity index (χ3n) is 13.7. The summed E-state index contributed by atoms with van der Waals surface area (Å²) in [5.41, 5.74) is 3.20. The lowest BCUT2D eigenvalue weighted by molar-refractivity contribution is -0.133. The first-order valence-corrected chi connectivity index (χ1v) is 24.0. The van der Waals surface area contributed by atoms with Crippen molar-refractivity contribution in [1.29, 1.82) is 0 Å². The molecule has 2 heterocycles. The average molecular weight is 844 g/mol. The van der Waals surface area contributed by atoms with E-state index in [9.17, 15) is 24.0 Å². The zero-order valence-electron chi connectivity index (χ0n) is 36.9. The Morgan fingerprint density at radius 2 is 1.03 bits per heavy atom. The van der Waals surface area contributed by atoms with Gasteiger partial charge >= 0.3 is 0 Å². The third-order valence-corrected chi connectivity index (χ3v) is 13.7. The van der Waals surface area contributed by atoms with Gasteiger partial charge in [-0.3, -0.25) is 24.0 Å². The highest BCUT2D eigenvalue weighted by Gasteiger charge is 2.49. The number of amides is 5. The average Bonchev–Trinajstić information content (AvgIpc) is 4.21. The SMILES string of the molecule is CCCCCCCCCCCCCCC(=O)N1CCC[C@@H](NC(=O)c2ccc(C(=O)N3C[C@@H](C(=O)N[C@H]4C[C@@H]4c4ccccc4)[C@H](C(=O)N[C@H]4C[C@@H]4c4ccccc4)C3)cc2)C1. The van der Waals surface area contributed by atoms with Crippen LogP contribution in [0.25, 0.3) is 0 Å². The molecule has 10 nitrogen and oxygen atoms in total. The van der Waals surface area contributed by atoms with Gasteiger partial charge < -0.3 is 25.8 Å². The highest BCUT2D eigenvalue weighted by molar-refractivity contribution is 5.99. The van der Waals surface area contributed by atoms with Crippen LogP contribution in [0.4, 0.5) is 0 Å². The van der Waals surface area contributed by atoms with E-state index in [-0.39, 0.29) is 72.6 Å². The lowest BCUT2D eigenvalue weighted by Crippen LogP contribution is -2.49. The van der Waals surface area contributed by atoms with Gasteiger partial charge in [0.1, 0.15) is 0 Å². The normalized spacial score (nSPS) is 24.0. The number of nitrogens with zero attached hydrogens (tertiary/aromatic N) is 2. The van der Waals surface area contributed by atoms with Gasteiger partial charge in [-0.05, 0) is 67.5 Å². The highest BCUT2D eigenvalue weighted by atomic mass is 16.2. The molecule has 2 aliphatic heterocycles. The Hall–Kier alpha value is -4.99. The molecule has 332 valence electrons. The van der Waals surface area contributed by atoms with E-state index >= 15 is 0 Å². The maximum absolute atomic E-state index is 14.0. The molecule has 0 radical (unpaired) electrons. The molecule has 0 unspecified atom stereocenters. The van der Waals surface area contributed by atoms with Crippen LogP contribution in [-0.2, 0) is 14.4 Å². The number of benzene rings is 3. The predicted molar refractivity (Wildman–Crippen MR) is 244 cm³/mol. The molecule has 3 N–H and O–H groups in total. The van der Waals surface area contributed by atoms with Crippen LogP contribution in [0.5, 0.6) is 0 Å². The van der Waals surface area contributed by atoms with Crippen LogP contribution in [0, 0.1) is 11.8 Å². The molecule has 2 saturated heterocycles. The Morgan fingerprint density at radius 3 is 1.55 bits per heavy atom. The number of carbonyl (C=O) groups is 5. The Balaban J connectivity index is 0.869. The van der Waals surface area contributed by atoms with Crippen molar-refractivity contribution in [3.63, 3.8) is 0 Å². The lowest BCUT2D eigenvalue weighted by atomic mass is 9.94. The molecule has 3 aromatic carbocycles. The van der Waals surface area contributed by atoms with Gasteiger partial charge in [-0.2, -0.15) is 0 Å². The van der Waals surface area contributed by atoms with E-state index in [0.29, 0.717) is 24.1 Å². The molecule has 2 saturated carbocycles. The van der Waals surface area contributed by atoms with Crippen LogP contribution in [0.15, 0.2) is 84.9 Å². The van der Waals surface area contributed by atoms with Crippen molar-refractivity contribution in [3.8, 4) is 0 Å². The topological polar surface area (TPSA) is 128 Å². The van der Waals surface area contributed by atoms with Crippen molar-refractivity contribution >= 4 is 29.5 Å². The minimum absolute atomic E-state index is 0.00387. The summed E-state index contributed by atoms with van der Waals surface area (Å²) in [4.78, 5) is 71.6. The molecule has 3 aromatic rings. The quantitative estimate of drug-likeness (QED) is 0.0875. The van der Waals surface area contributed by atoms with E-state index in [1.165, 1.54) is 75.3 Å². The Bertz CT molecular complexity index is 1860. The summed E-state index contributed by atoms with van der Waals surface area (Å²) in [5, 5.41) is 9.52. The smallest absolute Gasteiger partial charge is 0.253 e. The molecule has 7 atom stereocenters. The van der Waals surface area contributed by atoms with E-state index < -0.39 is 11.8 Å². The van der Waals surface area contributed by atoms with Crippen LogP contribution in [0.3, 0.4) is 0 Å². The second kappa shape index (κ2) is 22.4. The Kier molecular flexibility index (Phi) is 16.3. The summed E-state index contributed by atoms with van der Waals surface area (Å²) in [6, 6.07) is 26.7. The number of piperidine rings is 1. The van der Waals surface area contributed by atoms with Crippen molar-refractivity contribution in [3.05, 3.63) is 107 Å². The fourth-order valence-corrected chi connectivity index (χ4v) is 9.74. The number of carbonyl (C=O) groups excluding carboxylic acids is 5. The molecule has 0 bridgehead atoms. The van der Waals surface area contributed by atoms with Crippen LogP contribution in [-0.4, -0.2) is 83.6 Å². The van der Waals surface area contributed by atoms with Gasteiger partial charge in [0.2, 0.25) is 17.7 Å². The van der Waals surface area contributed by atoms with Crippen molar-refractivity contribution in [2.24, 2.45) is 11.8 Å². The van der Waals surface area contributed by atoms with Gasteiger partial charge in [-0.25, -0.2) is 0 Å². The Labute approximate surface area is 369 Å². The zero-order chi connectivity index (χ0) is 43.3. The number of unbranched alkanes of at least 4 members (excludes halogenated alkanes) is 11. The fourth-order valence-electron chi connectivity index (χ4n) is 9.74. The molecule has 4 fully saturated rings. The van der Waals surface area contributed by atoms with Crippen molar-refractivity contribution in [1.82, 2.24) is 25.8 Å². The number of hydrogen-bond donors (Lipinski definition) is 3. The summed E-state index contributed by atoms with van der Waals surface area (Å²) in [6.07, 6.45) is 19.1. The second-order valence-corrected chi connectivity index (χ2v) is 18.5. The van der Waals surface area contributed by atoms with Crippen LogP contribution in [0.2, 0.25) is 0 Å². The summed E-state index contributed by atoms with van der Waals surface area (Å²) >= 11 is 0. The minimum atomic E-state index is -0.679. The lowest BCUT2D eigenvalue weighted by Gasteiger charge is -2.33. The van der Waals surface area contributed by atoms with E-state index in [4.69, 9.17) is 0 Å². The van der Waals surface area contributed by atoms with E-state index in [1.54, 1.807) is 29.2 Å². The van der Waals surface area contributed by atoms with Crippen molar-refractivity contribution < 1.29 is 24.0 Å². The first kappa shape index (κ1) is 45.0. The molecule has 62 heavy (non-hydrogen) atoms. The summed E-state index contributed by atoms with van der Waals surface area (Å²) in [5.74, 6) is -1.60. The predicted octanol–water partition coefficient (Wildman–Crippen LogP) is 8.53. The van der Waals surface area contributed by atoms with Gasteiger partial charge in [0.05, 0.1) is 11.8 Å². The first-order chi connectivity index (χ1) is 30.3. The van der Waals surface area contributed by atoms with E-state index in [1.807, 2.05) is 41.3 Å². The number of rotatable bonds is 22. The molecule has 10 heteroatoms. The summed E-state index contributed by atoms with van der Waals surface area (Å²) in [7, 11) is 0. The van der Waals surface area contributed by atoms with Crippen LogP contribution in [0.1, 0.15) is 160 Å². The molecule has 5 amide bonds. The molecule has 0 spiro atoms. The van der Waals surface area contributed by atoms with Gasteiger partial charge in [0, 0.05) is 73.7 Å². The summed E-state index contributed by atoms with van der Waals surface area (Å²) < 4.78 is 0. The summed E-state index contributed by atoms with van der Waals surface area (Å²) in [6.45, 7) is 3.77. The first-order valence-electron chi connectivity index (χ1n) is 24.0. The second-order valence-electron chi connectivity index (χ2n) is 18.5. The maximum Gasteiger partial charge on any atom is 0.253 e. The fraction of sp³-hybridized carbons (Fsp3) is 0.558. The van der Waals surface area contributed by atoms with Crippen LogP contribution < -0.4 is 16.0 Å². The largest absolute Gasteiger partial charge is 0.352 e. The third kappa shape index (κ3) is 12.6. The van der Waals surface area contributed by atoms with E-state index in [2.05, 4.69) is 47.1 Å². The zero-order valence-corrected chi connectivity index (χ0v) is 36.9. The highest BCUT2D eigenvalue weighted by Crippen LogP contribution is 2.42. The Morgan fingerprint density at radius 1 is 0.548 bits per heavy atom. The van der Waals surface area contributed by atoms with E-state index in [0.717, 1.165) is 45.1 Å². The minimum Gasteiger partial charge on any atom is -0.352 e. The van der Waals surface area contributed by atoms with Crippen molar-refractivity contribution in [2.45, 2.75) is 146 Å². The molecule has 7 rings (SSSR count). The number of hydrogen-bond acceptors (Lipinski definition) is 5. The maximum atomic E-state index is 14.0.